The van der Waals surface area contributed by atoms with Crippen LogP contribution in [0.25, 0.3) is 6.08 Å². The van der Waals surface area contributed by atoms with Crippen LogP contribution in [0, 0.1) is 11.8 Å². The maximum absolute atomic E-state index is 12.1. The summed E-state index contributed by atoms with van der Waals surface area (Å²) < 4.78 is 5.32. The summed E-state index contributed by atoms with van der Waals surface area (Å²) >= 11 is 0. The summed E-state index contributed by atoms with van der Waals surface area (Å²) in [6.45, 7) is 4.00. The van der Waals surface area contributed by atoms with Crippen molar-refractivity contribution in [3.63, 3.8) is 0 Å². The number of rotatable bonds is 4. The van der Waals surface area contributed by atoms with Gasteiger partial charge in [0.2, 0.25) is 0 Å². The number of esters is 1. The van der Waals surface area contributed by atoms with Crippen LogP contribution in [-0.2, 0) is 11.3 Å². The van der Waals surface area contributed by atoms with E-state index in [0.29, 0.717) is 5.56 Å². The molecule has 0 fully saturated rings. The fraction of sp³-hybridized carbons (Fsp3) is 0.0417. The largest absolute Gasteiger partial charge is 0.457 e. The molecular weight excluding hydrogens is 320 g/mol. The van der Waals surface area contributed by atoms with Crippen molar-refractivity contribution in [1.29, 1.82) is 0 Å². The lowest BCUT2D eigenvalue weighted by Gasteiger charge is -2.05. The number of hydrogen-bond donors (Lipinski definition) is 0. The predicted octanol–water partition coefficient (Wildman–Crippen LogP) is 5.09. The average molecular weight is 338 g/mol. The second kappa shape index (κ2) is 8.50. The molecule has 0 aromatic heterocycles. The van der Waals surface area contributed by atoms with Crippen molar-refractivity contribution in [1.82, 2.24) is 0 Å². The van der Waals surface area contributed by atoms with Crippen molar-refractivity contribution in [3.05, 3.63) is 113 Å². The van der Waals surface area contributed by atoms with Crippen molar-refractivity contribution in [2.75, 3.05) is 0 Å². The predicted molar refractivity (Wildman–Crippen MR) is 105 cm³/mol. The second-order valence-electron chi connectivity index (χ2n) is 5.72. The van der Waals surface area contributed by atoms with Crippen LogP contribution in [-0.4, -0.2) is 5.97 Å². The summed E-state index contributed by atoms with van der Waals surface area (Å²) in [5.74, 6) is 5.86. The van der Waals surface area contributed by atoms with Crippen LogP contribution in [0.1, 0.15) is 32.6 Å². The van der Waals surface area contributed by atoms with Gasteiger partial charge in [-0.1, -0.05) is 67.0 Å². The van der Waals surface area contributed by atoms with Gasteiger partial charge < -0.3 is 4.74 Å². The number of carbonyl (C=O) groups is 1. The number of carbonyl (C=O) groups excluding carboxylic acids is 1. The first-order chi connectivity index (χ1) is 12.7. The smallest absolute Gasteiger partial charge is 0.338 e. The molecule has 26 heavy (non-hydrogen) atoms. The number of benzene rings is 3. The lowest BCUT2D eigenvalue weighted by molar-refractivity contribution is 0.0472. The molecule has 3 aromatic carbocycles. The van der Waals surface area contributed by atoms with Gasteiger partial charge in [0.05, 0.1) is 5.56 Å². The van der Waals surface area contributed by atoms with Crippen LogP contribution in [0.4, 0.5) is 0 Å². The van der Waals surface area contributed by atoms with Gasteiger partial charge in [0.25, 0.3) is 0 Å². The molecule has 0 unspecified atom stereocenters. The monoisotopic (exact) mass is 338 g/mol. The van der Waals surface area contributed by atoms with E-state index in [-0.39, 0.29) is 12.6 Å². The fourth-order valence-corrected chi connectivity index (χ4v) is 2.34. The van der Waals surface area contributed by atoms with Gasteiger partial charge in [-0.05, 0) is 47.5 Å². The fourth-order valence-electron chi connectivity index (χ4n) is 2.34. The molecule has 2 nitrogen and oxygen atoms in total. The Morgan fingerprint density at radius 3 is 2.00 bits per heavy atom. The first-order valence-electron chi connectivity index (χ1n) is 8.30. The Bertz CT molecular complexity index is 941. The highest BCUT2D eigenvalue weighted by Gasteiger charge is 2.06. The maximum atomic E-state index is 12.1. The minimum atomic E-state index is -0.339. The molecular formula is C24H18O2. The third-order valence-electron chi connectivity index (χ3n) is 3.83. The molecule has 2 heteroatoms. The molecule has 0 aliphatic heterocycles. The maximum Gasteiger partial charge on any atom is 0.338 e. The van der Waals surface area contributed by atoms with Gasteiger partial charge in [0, 0.05) is 11.1 Å². The zero-order valence-electron chi connectivity index (χ0n) is 14.3. The molecule has 0 saturated heterocycles. The first-order valence-corrected chi connectivity index (χ1v) is 8.30. The molecule has 0 bridgehead atoms. The molecule has 0 N–H and O–H groups in total. The van der Waals surface area contributed by atoms with E-state index < -0.39 is 0 Å². The second-order valence-corrected chi connectivity index (χ2v) is 5.72. The van der Waals surface area contributed by atoms with Crippen molar-refractivity contribution >= 4 is 12.0 Å². The van der Waals surface area contributed by atoms with Crippen LogP contribution in [0.15, 0.2) is 85.4 Å². The Balaban J connectivity index is 1.62. The minimum absolute atomic E-state index is 0.266. The Morgan fingerprint density at radius 2 is 1.42 bits per heavy atom. The number of ether oxygens (including phenoxy) is 1. The van der Waals surface area contributed by atoms with Crippen molar-refractivity contribution in [2.24, 2.45) is 0 Å². The van der Waals surface area contributed by atoms with Crippen LogP contribution in [0.5, 0.6) is 0 Å². The van der Waals surface area contributed by atoms with Crippen LogP contribution in [0.2, 0.25) is 0 Å². The van der Waals surface area contributed by atoms with Gasteiger partial charge in [-0.2, -0.15) is 0 Å². The van der Waals surface area contributed by atoms with Crippen molar-refractivity contribution in [2.45, 2.75) is 6.61 Å². The zero-order chi connectivity index (χ0) is 18.2. The summed E-state index contributed by atoms with van der Waals surface area (Å²) in [7, 11) is 0. The molecule has 0 amide bonds. The average Bonchev–Trinajstić information content (AvgIpc) is 2.72. The molecule has 126 valence electrons. The molecule has 0 radical (unpaired) electrons. The Hall–Kier alpha value is -3.57. The van der Waals surface area contributed by atoms with Gasteiger partial charge in [-0.25, -0.2) is 4.79 Å². The zero-order valence-corrected chi connectivity index (χ0v) is 14.3. The topological polar surface area (TPSA) is 26.3 Å². The lowest BCUT2D eigenvalue weighted by atomic mass is 10.1. The normalized spacial score (nSPS) is 9.69. The van der Waals surface area contributed by atoms with Crippen LogP contribution >= 0.6 is 0 Å². The van der Waals surface area contributed by atoms with Gasteiger partial charge >= 0.3 is 5.97 Å². The van der Waals surface area contributed by atoms with Gasteiger partial charge in [-0.15, -0.1) is 0 Å². The van der Waals surface area contributed by atoms with E-state index in [0.717, 1.165) is 22.3 Å². The molecule has 3 aromatic rings. The van der Waals surface area contributed by atoms with Crippen molar-refractivity contribution in [3.8, 4) is 11.8 Å². The molecule has 0 aliphatic rings. The number of hydrogen-bond acceptors (Lipinski definition) is 2. The molecule has 3 rings (SSSR count). The Labute approximate surface area is 153 Å². The minimum Gasteiger partial charge on any atom is -0.457 e. The van der Waals surface area contributed by atoms with Crippen LogP contribution in [0.3, 0.4) is 0 Å². The standard InChI is InChI=1S/C24H18O2/c1-2-19-8-10-20(11-9-19)12-13-21-14-16-23(17-15-21)24(25)26-18-22-6-4-3-5-7-22/h2-11,14-17H,1,18H2. The van der Waals surface area contributed by atoms with E-state index in [2.05, 4.69) is 18.4 Å². The molecule has 0 aliphatic carbocycles. The van der Waals surface area contributed by atoms with E-state index >= 15 is 0 Å². The highest BCUT2D eigenvalue weighted by Crippen LogP contribution is 2.09. The van der Waals surface area contributed by atoms with E-state index in [1.165, 1.54) is 0 Å². The van der Waals surface area contributed by atoms with Gasteiger partial charge in [-0.3, -0.25) is 0 Å². The van der Waals surface area contributed by atoms with Gasteiger partial charge in [0.1, 0.15) is 6.61 Å². The third kappa shape index (κ3) is 4.72. The molecule has 0 saturated carbocycles. The highest BCUT2D eigenvalue weighted by atomic mass is 16.5. The highest BCUT2D eigenvalue weighted by molar-refractivity contribution is 5.89. The molecule has 0 heterocycles. The SMILES string of the molecule is C=Cc1ccc(C#Cc2ccc(C(=O)OCc3ccccc3)cc2)cc1. The van der Waals surface area contributed by atoms with E-state index in [1.54, 1.807) is 18.2 Å². The Morgan fingerprint density at radius 1 is 0.846 bits per heavy atom. The third-order valence-corrected chi connectivity index (χ3v) is 3.83. The first kappa shape index (κ1) is 17.3. The Kier molecular flexibility index (Phi) is 5.65. The summed E-state index contributed by atoms with van der Waals surface area (Å²) in [6, 6.07) is 24.6. The van der Waals surface area contributed by atoms with E-state index in [1.807, 2.05) is 66.7 Å². The van der Waals surface area contributed by atoms with Gasteiger partial charge in [0.15, 0.2) is 0 Å². The molecule has 0 spiro atoms. The summed E-state index contributed by atoms with van der Waals surface area (Å²) in [5.41, 5.74) is 4.32. The lowest BCUT2D eigenvalue weighted by Crippen LogP contribution is -2.05. The quantitative estimate of drug-likeness (QED) is 0.489. The molecule has 0 atom stereocenters. The summed E-state index contributed by atoms with van der Waals surface area (Å²) in [5, 5.41) is 0. The van der Waals surface area contributed by atoms with Crippen LogP contribution < -0.4 is 0 Å². The van der Waals surface area contributed by atoms with E-state index in [9.17, 15) is 4.79 Å². The van der Waals surface area contributed by atoms with Crippen molar-refractivity contribution < 1.29 is 9.53 Å². The summed E-state index contributed by atoms with van der Waals surface area (Å²) in [4.78, 5) is 12.1. The van der Waals surface area contributed by atoms with E-state index in [4.69, 9.17) is 4.74 Å². The summed E-state index contributed by atoms with van der Waals surface area (Å²) in [6.07, 6.45) is 1.80.